The molecule has 0 aromatic heterocycles. The van der Waals surface area contributed by atoms with Gasteiger partial charge in [-0.1, -0.05) is 12.1 Å². The summed E-state index contributed by atoms with van der Waals surface area (Å²) in [6.07, 6.45) is 0. The molecule has 0 aliphatic heterocycles. The summed E-state index contributed by atoms with van der Waals surface area (Å²) < 4.78 is 11.9. The summed E-state index contributed by atoms with van der Waals surface area (Å²) in [4.78, 5) is 0. The van der Waals surface area contributed by atoms with Crippen LogP contribution in [-0.2, 0) is 0 Å². The fourth-order valence-electron chi connectivity index (χ4n) is 2.21. The first kappa shape index (κ1) is 15.1. The fraction of sp³-hybridized carbons (Fsp3) is 0.250. The van der Waals surface area contributed by atoms with Gasteiger partial charge in [0.1, 0.15) is 11.5 Å². The molecule has 0 fully saturated rings. The second-order valence-corrected chi connectivity index (χ2v) is 5.67. The van der Waals surface area contributed by atoms with E-state index in [1.807, 2.05) is 25.2 Å². The summed E-state index contributed by atoms with van der Waals surface area (Å²) in [6.45, 7) is 0. The molecule has 0 radical (unpaired) electrons. The molecular formula is C16H18INO2. The van der Waals surface area contributed by atoms with Crippen LogP contribution in [0.4, 0.5) is 0 Å². The number of rotatable bonds is 5. The van der Waals surface area contributed by atoms with Gasteiger partial charge >= 0.3 is 0 Å². The molecule has 0 saturated carbocycles. The first-order valence-corrected chi connectivity index (χ1v) is 7.41. The molecule has 0 aliphatic rings. The molecule has 0 bridgehead atoms. The largest absolute Gasteiger partial charge is 0.497 e. The molecule has 1 atom stereocenters. The predicted molar refractivity (Wildman–Crippen MR) is 89.6 cm³/mol. The zero-order chi connectivity index (χ0) is 14.5. The molecule has 3 nitrogen and oxygen atoms in total. The van der Waals surface area contributed by atoms with Crippen LogP contribution in [0.25, 0.3) is 0 Å². The lowest BCUT2D eigenvalue weighted by Gasteiger charge is -2.19. The molecule has 1 unspecified atom stereocenters. The van der Waals surface area contributed by atoms with Gasteiger partial charge in [-0.3, -0.25) is 0 Å². The number of halogens is 1. The Morgan fingerprint density at radius 3 is 2.10 bits per heavy atom. The smallest absolute Gasteiger partial charge is 0.122 e. The van der Waals surface area contributed by atoms with Gasteiger partial charge in [-0.05, 0) is 65.0 Å². The van der Waals surface area contributed by atoms with Gasteiger partial charge in [0.2, 0.25) is 0 Å². The zero-order valence-electron chi connectivity index (χ0n) is 11.8. The molecule has 0 heterocycles. The van der Waals surface area contributed by atoms with Gasteiger partial charge in [0.25, 0.3) is 0 Å². The van der Waals surface area contributed by atoms with Crippen LogP contribution in [0.5, 0.6) is 11.5 Å². The molecule has 0 aliphatic carbocycles. The summed E-state index contributed by atoms with van der Waals surface area (Å²) in [6, 6.07) is 14.5. The number of methoxy groups -OCH3 is 2. The molecule has 0 amide bonds. The third kappa shape index (κ3) is 3.43. The van der Waals surface area contributed by atoms with Crippen molar-refractivity contribution in [2.45, 2.75) is 6.04 Å². The molecule has 4 heteroatoms. The van der Waals surface area contributed by atoms with Crippen molar-refractivity contribution in [1.82, 2.24) is 5.32 Å². The van der Waals surface area contributed by atoms with Crippen LogP contribution in [0.1, 0.15) is 17.2 Å². The van der Waals surface area contributed by atoms with Crippen molar-refractivity contribution in [3.8, 4) is 11.5 Å². The van der Waals surface area contributed by atoms with Crippen LogP contribution in [-0.4, -0.2) is 21.3 Å². The predicted octanol–water partition coefficient (Wildman–Crippen LogP) is 3.62. The van der Waals surface area contributed by atoms with Crippen molar-refractivity contribution < 1.29 is 9.47 Å². The van der Waals surface area contributed by atoms with Gasteiger partial charge in [0.05, 0.1) is 20.3 Å². The maximum Gasteiger partial charge on any atom is 0.122 e. The molecule has 2 aromatic carbocycles. The van der Waals surface area contributed by atoms with Crippen molar-refractivity contribution in [3.63, 3.8) is 0 Å². The van der Waals surface area contributed by atoms with Gasteiger partial charge in [-0.2, -0.15) is 0 Å². The zero-order valence-corrected chi connectivity index (χ0v) is 14.0. The van der Waals surface area contributed by atoms with E-state index in [2.05, 4.69) is 52.2 Å². The molecule has 106 valence electrons. The summed E-state index contributed by atoms with van der Waals surface area (Å²) in [5.74, 6) is 1.59. The van der Waals surface area contributed by atoms with Crippen molar-refractivity contribution in [1.29, 1.82) is 0 Å². The van der Waals surface area contributed by atoms with E-state index < -0.39 is 0 Å². The lowest BCUT2D eigenvalue weighted by molar-refractivity contribution is 0.392. The van der Waals surface area contributed by atoms with Crippen LogP contribution in [0.3, 0.4) is 0 Å². The minimum atomic E-state index is 0.105. The number of nitrogens with one attached hydrogen (secondary N) is 1. The molecule has 1 N–H and O–H groups in total. The van der Waals surface area contributed by atoms with Crippen LogP contribution in [0.2, 0.25) is 0 Å². The third-order valence-electron chi connectivity index (χ3n) is 3.18. The summed E-state index contributed by atoms with van der Waals surface area (Å²) >= 11 is 2.33. The number of hydrogen-bond acceptors (Lipinski definition) is 3. The van der Waals surface area contributed by atoms with E-state index in [4.69, 9.17) is 9.47 Å². The maximum absolute atomic E-state index is 5.34. The normalized spacial score (nSPS) is 12.0. The van der Waals surface area contributed by atoms with Crippen molar-refractivity contribution in [2.75, 3.05) is 21.3 Å². The Morgan fingerprint density at radius 2 is 1.60 bits per heavy atom. The van der Waals surface area contributed by atoms with Crippen LogP contribution in [0.15, 0.2) is 42.5 Å². The van der Waals surface area contributed by atoms with Crippen LogP contribution in [0, 0.1) is 3.57 Å². The van der Waals surface area contributed by atoms with E-state index in [0.717, 1.165) is 17.1 Å². The minimum Gasteiger partial charge on any atom is -0.497 e. The number of hydrogen-bond donors (Lipinski definition) is 1. The second-order valence-electron chi connectivity index (χ2n) is 4.42. The van der Waals surface area contributed by atoms with Gasteiger partial charge < -0.3 is 14.8 Å². The highest BCUT2D eigenvalue weighted by Gasteiger charge is 2.14. The molecule has 2 rings (SSSR count). The first-order chi connectivity index (χ1) is 9.67. The monoisotopic (exact) mass is 383 g/mol. The standard InChI is InChI=1S/C16H18INO2/c1-18-16(11-5-4-6-13(17)7-11)12-8-14(19-2)10-15(9-12)20-3/h4-10,16,18H,1-3H3. The summed E-state index contributed by atoms with van der Waals surface area (Å²) in [7, 11) is 5.28. The van der Waals surface area contributed by atoms with Crippen LogP contribution < -0.4 is 14.8 Å². The lowest BCUT2D eigenvalue weighted by atomic mass is 9.98. The van der Waals surface area contributed by atoms with Crippen molar-refractivity contribution in [2.24, 2.45) is 0 Å². The van der Waals surface area contributed by atoms with E-state index in [-0.39, 0.29) is 6.04 Å². The van der Waals surface area contributed by atoms with E-state index in [0.29, 0.717) is 0 Å². The SMILES string of the molecule is CNC(c1cccc(I)c1)c1cc(OC)cc(OC)c1. The molecule has 20 heavy (non-hydrogen) atoms. The van der Waals surface area contributed by atoms with Crippen LogP contribution >= 0.6 is 22.6 Å². The lowest BCUT2D eigenvalue weighted by Crippen LogP contribution is -2.17. The fourth-order valence-corrected chi connectivity index (χ4v) is 2.78. The number of benzene rings is 2. The van der Waals surface area contributed by atoms with Gasteiger partial charge in [-0.15, -0.1) is 0 Å². The Labute approximate surface area is 133 Å². The van der Waals surface area contributed by atoms with E-state index in [1.165, 1.54) is 9.13 Å². The molecule has 2 aromatic rings. The molecular weight excluding hydrogens is 365 g/mol. The molecule has 0 saturated heterocycles. The number of ether oxygens (including phenoxy) is 2. The summed E-state index contributed by atoms with van der Waals surface area (Å²) in [5, 5.41) is 3.35. The minimum absolute atomic E-state index is 0.105. The van der Waals surface area contributed by atoms with Crippen molar-refractivity contribution in [3.05, 3.63) is 57.2 Å². The first-order valence-electron chi connectivity index (χ1n) is 6.33. The third-order valence-corrected chi connectivity index (χ3v) is 3.85. The molecule has 0 spiro atoms. The maximum atomic E-state index is 5.34. The topological polar surface area (TPSA) is 30.5 Å². The second kappa shape index (κ2) is 6.95. The Hall–Kier alpha value is -1.27. The Balaban J connectivity index is 2.45. The summed E-state index contributed by atoms with van der Waals surface area (Å²) in [5.41, 5.74) is 2.33. The Morgan fingerprint density at radius 1 is 0.950 bits per heavy atom. The quantitative estimate of drug-likeness (QED) is 0.801. The van der Waals surface area contributed by atoms with Gasteiger partial charge in [-0.25, -0.2) is 0 Å². The highest BCUT2D eigenvalue weighted by molar-refractivity contribution is 14.1. The van der Waals surface area contributed by atoms with Gasteiger partial charge in [0, 0.05) is 9.64 Å². The van der Waals surface area contributed by atoms with E-state index in [9.17, 15) is 0 Å². The Kier molecular flexibility index (Phi) is 5.25. The van der Waals surface area contributed by atoms with E-state index in [1.54, 1.807) is 14.2 Å². The average Bonchev–Trinajstić information content (AvgIpc) is 2.47. The highest BCUT2D eigenvalue weighted by atomic mass is 127. The van der Waals surface area contributed by atoms with E-state index >= 15 is 0 Å². The van der Waals surface area contributed by atoms with Gasteiger partial charge in [0.15, 0.2) is 0 Å². The van der Waals surface area contributed by atoms with Crippen molar-refractivity contribution >= 4 is 22.6 Å². The Bertz CT molecular complexity index is 564. The average molecular weight is 383 g/mol. The highest BCUT2D eigenvalue weighted by Crippen LogP contribution is 2.30.